The van der Waals surface area contributed by atoms with Gasteiger partial charge < -0.3 is 15.0 Å². The van der Waals surface area contributed by atoms with E-state index in [2.05, 4.69) is 10.3 Å². The van der Waals surface area contributed by atoms with Gasteiger partial charge in [-0.2, -0.15) is 4.99 Å². The zero-order valence-electron chi connectivity index (χ0n) is 16.6. The van der Waals surface area contributed by atoms with Crippen molar-refractivity contribution in [1.82, 2.24) is 10.2 Å². The molecule has 0 aliphatic carbocycles. The molecule has 0 saturated carbocycles. The highest BCUT2D eigenvalue weighted by Gasteiger charge is 2.48. The molecule has 0 bridgehead atoms. The topological polar surface area (TPSA) is 105 Å². The van der Waals surface area contributed by atoms with E-state index in [9.17, 15) is 18.0 Å². The van der Waals surface area contributed by atoms with Crippen LogP contribution in [0.3, 0.4) is 0 Å². The monoisotopic (exact) mass is 439 g/mol. The van der Waals surface area contributed by atoms with Crippen LogP contribution in [-0.2, 0) is 25.9 Å². The van der Waals surface area contributed by atoms with Gasteiger partial charge in [0.15, 0.2) is 15.0 Å². The zero-order chi connectivity index (χ0) is 21.2. The Balaban J connectivity index is 1.70. The molecule has 2 amide bonds. The number of thioether (sulfide) groups is 1. The number of alkyl carbamates (subject to hydrolysis) is 1. The van der Waals surface area contributed by atoms with Crippen molar-refractivity contribution in [3.8, 4) is 0 Å². The van der Waals surface area contributed by atoms with Crippen LogP contribution in [0.1, 0.15) is 26.3 Å². The van der Waals surface area contributed by atoms with Crippen molar-refractivity contribution in [1.29, 1.82) is 0 Å². The van der Waals surface area contributed by atoms with Crippen molar-refractivity contribution in [3.63, 3.8) is 0 Å². The number of rotatable bonds is 4. The first-order valence-corrected chi connectivity index (χ1v) is 12.0. The summed E-state index contributed by atoms with van der Waals surface area (Å²) >= 11 is 1.32. The molecule has 10 heteroatoms. The molecule has 158 valence electrons. The number of sulfone groups is 1. The quantitative estimate of drug-likeness (QED) is 0.763. The summed E-state index contributed by atoms with van der Waals surface area (Å²) in [5.41, 5.74) is 0.348. The Morgan fingerprint density at radius 3 is 2.59 bits per heavy atom. The third kappa shape index (κ3) is 5.96. The van der Waals surface area contributed by atoms with Crippen molar-refractivity contribution >= 4 is 38.8 Å². The van der Waals surface area contributed by atoms with Gasteiger partial charge in [0.25, 0.3) is 5.91 Å². The Morgan fingerprint density at radius 2 is 1.93 bits per heavy atom. The zero-order valence-corrected chi connectivity index (χ0v) is 18.3. The van der Waals surface area contributed by atoms with E-state index in [1.54, 1.807) is 20.8 Å². The summed E-state index contributed by atoms with van der Waals surface area (Å²) in [5, 5.41) is 2.75. The molecule has 2 saturated heterocycles. The van der Waals surface area contributed by atoms with Gasteiger partial charge in [-0.1, -0.05) is 42.1 Å². The summed E-state index contributed by atoms with van der Waals surface area (Å²) in [7, 11) is -3.10. The van der Waals surface area contributed by atoms with Gasteiger partial charge in [-0.05, 0) is 26.3 Å². The van der Waals surface area contributed by atoms with Crippen LogP contribution < -0.4 is 5.32 Å². The molecular formula is C19H25N3O5S2. The van der Waals surface area contributed by atoms with Gasteiger partial charge in [-0.25, -0.2) is 13.2 Å². The van der Waals surface area contributed by atoms with Gasteiger partial charge in [0.2, 0.25) is 0 Å². The van der Waals surface area contributed by atoms with E-state index in [0.717, 1.165) is 5.56 Å². The molecule has 2 fully saturated rings. The van der Waals surface area contributed by atoms with Gasteiger partial charge in [0.05, 0.1) is 17.5 Å². The molecule has 2 aliphatic heterocycles. The molecule has 0 radical (unpaired) electrons. The molecule has 2 aliphatic rings. The number of ether oxygens (including phenoxy) is 1. The SMILES string of the molecule is CC(C)(C)OC(=O)NCC(=O)N=C1S[C@H]2CS(=O)(=O)C[C@@H]2N1Cc1ccccc1. The number of hydrogen-bond acceptors (Lipinski definition) is 6. The Morgan fingerprint density at radius 1 is 1.24 bits per heavy atom. The highest BCUT2D eigenvalue weighted by molar-refractivity contribution is 8.15. The fourth-order valence-electron chi connectivity index (χ4n) is 3.21. The predicted octanol–water partition coefficient (Wildman–Crippen LogP) is 1.81. The lowest BCUT2D eigenvalue weighted by Gasteiger charge is -2.24. The van der Waals surface area contributed by atoms with Crippen LogP contribution in [0.15, 0.2) is 35.3 Å². The molecule has 0 spiro atoms. The molecule has 2 heterocycles. The number of carbonyl (C=O) groups excluding carboxylic acids is 2. The lowest BCUT2D eigenvalue weighted by Crippen LogP contribution is -2.38. The standard InChI is InChI=1S/C19H25N3O5S2/c1-19(2,3)27-18(24)20-9-16(23)21-17-22(10-13-7-5-4-6-8-13)14-11-29(25,26)12-15(14)28-17/h4-8,14-15H,9-12H2,1-3H3,(H,20,24)/t14-,15-/m0/s1. The van der Waals surface area contributed by atoms with E-state index in [-0.39, 0.29) is 29.3 Å². The number of aliphatic imine (C=N–C) groups is 1. The van der Waals surface area contributed by atoms with Gasteiger partial charge in [0.1, 0.15) is 12.1 Å². The van der Waals surface area contributed by atoms with Gasteiger partial charge in [-0.15, -0.1) is 0 Å². The summed E-state index contributed by atoms with van der Waals surface area (Å²) < 4.78 is 29.2. The van der Waals surface area contributed by atoms with Crippen molar-refractivity contribution in [3.05, 3.63) is 35.9 Å². The first-order chi connectivity index (χ1) is 13.5. The third-order valence-corrected chi connectivity index (χ3v) is 7.62. The second-order valence-electron chi connectivity index (χ2n) is 8.06. The van der Waals surface area contributed by atoms with Crippen molar-refractivity contribution in [2.45, 2.75) is 44.2 Å². The van der Waals surface area contributed by atoms with E-state index in [1.165, 1.54) is 11.8 Å². The fraction of sp³-hybridized carbons (Fsp3) is 0.526. The summed E-state index contributed by atoms with van der Waals surface area (Å²) in [6.07, 6.45) is -0.686. The lowest BCUT2D eigenvalue weighted by molar-refractivity contribution is -0.117. The molecule has 29 heavy (non-hydrogen) atoms. The highest BCUT2D eigenvalue weighted by Crippen LogP contribution is 2.39. The molecule has 3 rings (SSSR count). The minimum absolute atomic E-state index is 0.0564. The van der Waals surface area contributed by atoms with Gasteiger partial charge >= 0.3 is 6.09 Å². The van der Waals surface area contributed by atoms with Crippen LogP contribution in [0.25, 0.3) is 0 Å². The number of nitrogens with zero attached hydrogens (tertiary/aromatic N) is 2. The number of amides is 2. The van der Waals surface area contributed by atoms with Crippen molar-refractivity contribution < 1.29 is 22.7 Å². The van der Waals surface area contributed by atoms with E-state index >= 15 is 0 Å². The van der Waals surface area contributed by atoms with Crippen LogP contribution in [0.4, 0.5) is 4.79 Å². The minimum Gasteiger partial charge on any atom is -0.444 e. The molecule has 1 aromatic carbocycles. The van der Waals surface area contributed by atoms with E-state index in [0.29, 0.717) is 11.7 Å². The number of carbonyl (C=O) groups is 2. The number of nitrogens with one attached hydrogen (secondary N) is 1. The Bertz CT molecular complexity index is 910. The predicted molar refractivity (Wildman–Crippen MR) is 112 cm³/mol. The molecular weight excluding hydrogens is 414 g/mol. The lowest BCUT2D eigenvalue weighted by atomic mass is 10.1. The smallest absolute Gasteiger partial charge is 0.408 e. The van der Waals surface area contributed by atoms with Crippen molar-refractivity contribution in [2.75, 3.05) is 18.1 Å². The van der Waals surface area contributed by atoms with Gasteiger partial charge in [-0.3, -0.25) is 4.79 Å². The second kappa shape index (κ2) is 8.35. The fourth-order valence-corrected chi connectivity index (χ4v) is 7.18. The molecule has 1 aromatic rings. The molecule has 1 N–H and O–H groups in total. The van der Waals surface area contributed by atoms with E-state index in [1.807, 2.05) is 35.2 Å². The normalized spacial score (nSPS) is 24.4. The minimum atomic E-state index is -3.10. The molecule has 2 atom stereocenters. The van der Waals surface area contributed by atoms with Crippen molar-refractivity contribution in [2.24, 2.45) is 4.99 Å². The Hall–Kier alpha value is -2.07. The van der Waals surface area contributed by atoms with E-state index < -0.39 is 27.4 Å². The van der Waals surface area contributed by atoms with Crippen LogP contribution in [0, 0.1) is 0 Å². The maximum atomic E-state index is 12.3. The maximum Gasteiger partial charge on any atom is 0.408 e. The van der Waals surface area contributed by atoms with Crippen LogP contribution in [0.5, 0.6) is 0 Å². The maximum absolute atomic E-state index is 12.3. The van der Waals surface area contributed by atoms with Crippen LogP contribution >= 0.6 is 11.8 Å². The Labute approximate surface area is 175 Å². The number of benzene rings is 1. The summed E-state index contributed by atoms with van der Waals surface area (Å²) in [4.78, 5) is 30.1. The number of amidine groups is 1. The average molecular weight is 440 g/mol. The van der Waals surface area contributed by atoms with Crippen LogP contribution in [-0.4, -0.2) is 65.4 Å². The van der Waals surface area contributed by atoms with E-state index in [4.69, 9.17) is 4.74 Å². The number of fused-ring (bicyclic) bond motifs is 1. The Kier molecular flexibility index (Phi) is 6.23. The summed E-state index contributed by atoms with van der Waals surface area (Å²) in [6.45, 7) is 5.39. The highest BCUT2D eigenvalue weighted by atomic mass is 32.2. The molecule has 0 aromatic heterocycles. The van der Waals surface area contributed by atoms with Crippen LogP contribution in [0.2, 0.25) is 0 Å². The third-order valence-electron chi connectivity index (χ3n) is 4.37. The second-order valence-corrected chi connectivity index (χ2v) is 11.4. The largest absolute Gasteiger partial charge is 0.444 e. The average Bonchev–Trinajstić information content (AvgIpc) is 3.05. The van der Waals surface area contributed by atoms with Gasteiger partial charge in [0, 0.05) is 11.8 Å². The molecule has 8 nitrogen and oxygen atoms in total. The first kappa shape index (κ1) is 21.6. The summed E-state index contributed by atoms with van der Waals surface area (Å²) in [6, 6.07) is 9.42. The summed E-state index contributed by atoms with van der Waals surface area (Å²) in [5.74, 6) is -0.378. The first-order valence-electron chi connectivity index (χ1n) is 9.28. The number of hydrogen-bond donors (Lipinski definition) is 1. The molecule has 0 unspecified atom stereocenters.